The van der Waals surface area contributed by atoms with E-state index in [0.29, 0.717) is 36.8 Å². The number of amides is 1. The predicted molar refractivity (Wildman–Crippen MR) is 105 cm³/mol. The molecule has 1 fully saturated rings. The molecule has 7 nitrogen and oxygen atoms in total. The summed E-state index contributed by atoms with van der Waals surface area (Å²) in [5.41, 5.74) is 1.19. The van der Waals surface area contributed by atoms with Crippen molar-refractivity contribution in [3.8, 4) is 0 Å². The Morgan fingerprint density at radius 1 is 1.27 bits per heavy atom. The molecule has 0 bridgehead atoms. The van der Waals surface area contributed by atoms with Crippen molar-refractivity contribution in [2.24, 2.45) is 5.92 Å². The van der Waals surface area contributed by atoms with Crippen LogP contribution in [-0.4, -0.2) is 51.9 Å². The van der Waals surface area contributed by atoms with E-state index in [9.17, 15) is 13.2 Å². The van der Waals surface area contributed by atoms with Crippen LogP contribution in [0.5, 0.6) is 0 Å². The Hall–Kier alpha value is -1.64. The Morgan fingerprint density at radius 2 is 2.00 bits per heavy atom. The van der Waals surface area contributed by atoms with Gasteiger partial charge in [-0.25, -0.2) is 8.42 Å². The van der Waals surface area contributed by atoms with Gasteiger partial charge in [0.15, 0.2) is 0 Å². The fourth-order valence-corrected chi connectivity index (χ4v) is 4.71. The van der Waals surface area contributed by atoms with E-state index < -0.39 is 10.0 Å². The van der Waals surface area contributed by atoms with Gasteiger partial charge < -0.3 is 16.0 Å². The zero-order valence-electron chi connectivity index (χ0n) is 15.8. The van der Waals surface area contributed by atoms with E-state index in [0.717, 1.165) is 25.9 Å². The fourth-order valence-electron chi connectivity index (χ4n) is 3.23. The molecule has 0 saturated carbocycles. The summed E-state index contributed by atoms with van der Waals surface area (Å²) in [6.45, 7) is 6.41. The van der Waals surface area contributed by atoms with Gasteiger partial charge in [-0.1, -0.05) is 13.8 Å². The van der Waals surface area contributed by atoms with Crippen molar-refractivity contribution < 1.29 is 13.2 Å². The lowest BCUT2D eigenvalue weighted by molar-refractivity contribution is -0.116. The summed E-state index contributed by atoms with van der Waals surface area (Å²) in [4.78, 5) is 12.5. The molecule has 1 saturated heterocycles. The summed E-state index contributed by atoms with van der Waals surface area (Å²) < 4.78 is 26.8. The summed E-state index contributed by atoms with van der Waals surface area (Å²) in [6.07, 6.45) is 2.38. The van der Waals surface area contributed by atoms with Crippen molar-refractivity contribution in [1.82, 2.24) is 9.62 Å². The first-order valence-electron chi connectivity index (χ1n) is 9.24. The van der Waals surface area contributed by atoms with E-state index in [2.05, 4.69) is 16.0 Å². The smallest absolute Gasteiger partial charge is 0.243 e. The number of anilines is 2. The summed E-state index contributed by atoms with van der Waals surface area (Å²) in [6, 6.07) is 4.79. The van der Waals surface area contributed by atoms with Crippen molar-refractivity contribution in [1.29, 1.82) is 0 Å². The first-order valence-corrected chi connectivity index (χ1v) is 10.7. The second-order valence-corrected chi connectivity index (χ2v) is 8.43. The minimum atomic E-state index is -3.56. The van der Waals surface area contributed by atoms with Crippen molar-refractivity contribution >= 4 is 27.3 Å². The quantitative estimate of drug-likeness (QED) is 0.608. The van der Waals surface area contributed by atoms with Crippen LogP contribution in [0.2, 0.25) is 0 Å². The van der Waals surface area contributed by atoms with E-state index in [-0.39, 0.29) is 10.8 Å². The molecule has 1 heterocycles. The van der Waals surface area contributed by atoms with Crippen molar-refractivity contribution in [3.63, 3.8) is 0 Å². The predicted octanol–water partition coefficient (Wildman–Crippen LogP) is 2.09. The standard InChI is InChI=1S/C18H30N4O3S/c1-4-22(5-2)26(24,25)15-7-8-16(19-3)17(12-15)21-18(23)9-6-14-10-11-20-13-14/h7-8,12,14,19-20H,4-6,9-11,13H2,1-3H3,(H,21,23). The van der Waals surface area contributed by atoms with E-state index in [1.54, 1.807) is 19.2 Å². The van der Waals surface area contributed by atoms with E-state index in [1.165, 1.54) is 10.4 Å². The van der Waals surface area contributed by atoms with E-state index in [1.807, 2.05) is 13.8 Å². The molecule has 0 aromatic heterocycles. The zero-order valence-corrected chi connectivity index (χ0v) is 16.7. The lowest BCUT2D eigenvalue weighted by atomic mass is 10.0. The van der Waals surface area contributed by atoms with E-state index >= 15 is 0 Å². The number of rotatable bonds is 9. The number of nitrogens with zero attached hydrogens (tertiary/aromatic N) is 1. The van der Waals surface area contributed by atoms with Crippen LogP contribution < -0.4 is 16.0 Å². The van der Waals surface area contributed by atoms with Gasteiger partial charge >= 0.3 is 0 Å². The molecule has 1 aliphatic heterocycles. The van der Waals surface area contributed by atoms with Crippen molar-refractivity contribution in [2.75, 3.05) is 43.9 Å². The highest BCUT2D eigenvalue weighted by Crippen LogP contribution is 2.27. The highest BCUT2D eigenvalue weighted by Gasteiger charge is 2.23. The Balaban J connectivity index is 2.14. The van der Waals surface area contributed by atoms with Crippen LogP contribution in [0.4, 0.5) is 11.4 Å². The molecule has 0 spiro atoms. The third-order valence-electron chi connectivity index (χ3n) is 4.82. The Bertz CT molecular complexity index is 711. The van der Waals surface area contributed by atoms with Gasteiger partial charge in [0, 0.05) is 26.6 Å². The third kappa shape index (κ3) is 4.96. The lowest BCUT2D eigenvalue weighted by Crippen LogP contribution is -2.30. The maximum absolute atomic E-state index is 12.7. The SMILES string of the molecule is CCN(CC)S(=O)(=O)c1ccc(NC)c(NC(=O)CCC2CCNC2)c1. The summed E-state index contributed by atoms with van der Waals surface area (Å²) >= 11 is 0. The first kappa shape index (κ1) is 20.7. The molecular weight excluding hydrogens is 352 g/mol. The molecule has 1 unspecified atom stereocenters. The van der Waals surface area contributed by atoms with Gasteiger partial charge in [0.2, 0.25) is 15.9 Å². The van der Waals surface area contributed by atoms with Gasteiger partial charge in [0.05, 0.1) is 16.3 Å². The number of sulfonamides is 1. The van der Waals surface area contributed by atoms with Gasteiger partial charge in [-0.2, -0.15) is 4.31 Å². The van der Waals surface area contributed by atoms with Gasteiger partial charge in [0.1, 0.15) is 0 Å². The largest absolute Gasteiger partial charge is 0.386 e. The van der Waals surface area contributed by atoms with Crippen LogP contribution in [0.1, 0.15) is 33.1 Å². The van der Waals surface area contributed by atoms with Crippen LogP contribution in [0.25, 0.3) is 0 Å². The van der Waals surface area contributed by atoms with Crippen LogP contribution in [0.15, 0.2) is 23.1 Å². The average molecular weight is 383 g/mol. The molecule has 1 atom stereocenters. The number of carbonyl (C=O) groups excluding carboxylic acids is 1. The Kier molecular flexibility index (Phi) is 7.43. The molecule has 8 heteroatoms. The van der Waals surface area contributed by atoms with Crippen LogP contribution >= 0.6 is 0 Å². The minimum absolute atomic E-state index is 0.0919. The molecule has 1 aromatic rings. The maximum Gasteiger partial charge on any atom is 0.243 e. The number of benzene rings is 1. The monoisotopic (exact) mass is 382 g/mol. The number of hydrogen-bond acceptors (Lipinski definition) is 5. The lowest BCUT2D eigenvalue weighted by Gasteiger charge is -2.20. The first-order chi connectivity index (χ1) is 12.4. The highest BCUT2D eigenvalue weighted by molar-refractivity contribution is 7.89. The highest BCUT2D eigenvalue weighted by atomic mass is 32.2. The van der Waals surface area contributed by atoms with Crippen LogP contribution in [-0.2, 0) is 14.8 Å². The third-order valence-corrected chi connectivity index (χ3v) is 6.87. The molecule has 26 heavy (non-hydrogen) atoms. The van der Waals surface area contributed by atoms with Crippen molar-refractivity contribution in [2.45, 2.75) is 38.0 Å². The normalized spacial score (nSPS) is 17.5. The minimum Gasteiger partial charge on any atom is -0.386 e. The number of hydrogen-bond donors (Lipinski definition) is 3. The fraction of sp³-hybridized carbons (Fsp3) is 0.611. The maximum atomic E-state index is 12.7. The molecular formula is C18H30N4O3S. The average Bonchev–Trinajstić information content (AvgIpc) is 3.14. The summed E-state index contributed by atoms with van der Waals surface area (Å²) in [5.74, 6) is 0.449. The molecule has 3 N–H and O–H groups in total. The van der Waals surface area contributed by atoms with Gasteiger partial charge in [-0.15, -0.1) is 0 Å². The molecule has 146 valence electrons. The summed E-state index contributed by atoms with van der Waals surface area (Å²) in [7, 11) is -1.82. The molecule has 0 aliphatic carbocycles. The summed E-state index contributed by atoms with van der Waals surface area (Å²) in [5, 5.41) is 9.17. The Morgan fingerprint density at radius 3 is 2.58 bits per heavy atom. The molecule has 0 radical (unpaired) electrons. The molecule has 2 rings (SSSR count). The topological polar surface area (TPSA) is 90.5 Å². The van der Waals surface area contributed by atoms with Crippen molar-refractivity contribution in [3.05, 3.63) is 18.2 Å². The van der Waals surface area contributed by atoms with E-state index in [4.69, 9.17) is 0 Å². The molecule has 1 amide bonds. The second kappa shape index (κ2) is 9.34. The van der Waals surface area contributed by atoms with Gasteiger partial charge in [-0.3, -0.25) is 4.79 Å². The van der Waals surface area contributed by atoms with Gasteiger partial charge in [-0.05, 0) is 50.0 Å². The Labute approximate surface area is 156 Å². The number of nitrogens with one attached hydrogen (secondary N) is 3. The van der Waals surface area contributed by atoms with Crippen LogP contribution in [0.3, 0.4) is 0 Å². The molecule has 1 aliphatic rings. The molecule has 1 aromatic carbocycles. The van der Waals surface area contributed by atoms with Gasteiger partial charge in [0.25, 0.3) is 0 Å². The zero-order chi connectivity index (χ0) is 19.2. The van der Waals surface area contributed by atoms with Crippen LogP contribution in [0, 0.1) is 5.92 Å². The number of carbonyl (C=O) groups is 1. The second-order valence-electron chi connectivity index (χ2n) is 6.49.